The number of hydrogen-bond acceptors (Lipinski definition) is 6. The van der Waals surface area contributed by atoms with Crippen LogP contribution in [0.25, 0.3) is 11.3 Å². The zero-order valence-corrected chi connectivity index (χ0v) is 16.6. The summed E-state index contributed by atoms with van der Waals surface area (Å²) >= 11 is 1.32. The van der Waals surface area contributed by atoms with Gasteiger partial charge in [-0.2, -0.15) is 0 Å². The third kappa shape index (κ3) is 4.50. The van der Waals surface area contributed by atoms with Gasteiger partial charge in [-0.3, -0.25) is 19.4 Å². The summed E-state index contributed by atoms with van der Waals surface area (Å²) in [6.07, 6.45) is 2.68. The van der Waals surface area contributed by atoms with Crippen molar-refractivity contribution in [2.75, 3.05) is 22.9 Å². The van der Waals surface area contributed by atoms with Gasteiger partial charge in [0.1, 0.15) is 0 Å². The number of nitrogens with zero attached hydrogens (tertiary/aromatic N) is 3. The number of aryl methyl sites for hydroxylation is 1. The molecule has 0 spiro atoms. The first-order valence-electron chi connectivity index (χ1n) is 7.98. The molecule has 1 aromatic carbocycles. The van der Waals surface area contributed by atoms with E-state index in [9.17, 15) is 13.2 Å². The zero-order valence-electron chi connectivity index (χ0n) is 15.0. The molecule has 7 nitrogen and oxygen atoms in total. The molecule has 2 heterocycles. The number of rotatable bonds is 5. The van der Waals surface area contributed by atoms with Gasteiger partial charge < -0.3 is 0 Å². The van der Waals surface area contributed by atoms with Gasteiger partial charge in [0.15, 0.2) is 5.13 Å². The first kappa shape index (κ1) is 19.0. The Morgan fingerprint density at radius 2 is 1.85 bits per heavy atom. The van der Waals surface area contributed by atoms with Crippen molar-refractivity contribution in [1.29, 1.82) is 0 Å². The third-order valence-electron chi connectivity index (χ3n) is 3.92. The van der Waals surface area contributed by atoms with Crippen LogP contribution in [0, 0.1) is 6.92 Å². The monoisotopic (exact) mass is 402 g/mol. The number of hydrogen-bond donors (Lipinski definition) is 1. The van der Waals surface area contributed by atoms with E-state index in [-0.39, 0.29) is 5.91 Å². The van der Waals surface area contributed by atoms with Crippen molar-refractivity contribution < 1.29 is 13.2 Å². The summed E-state index contributed by atoms with van der Waals surface area (Å²) in [6.45, 7) is 1.85. The summed E-state index contributed by atoms with van der Waals surface area (Å²) in [6, 6.07) is 10.5. The predicted molar refractivity (Wildman–Crippen MR) is 108 cm³/mol. The number of aromatic nitrogens is 2. The molecule has 0 aliphatic rings. The molecule has 0 radical (unpaired) electrons. The fraction of sp³-hybridized carbons (Fsp3) is 0.167. The molecule has 3 rings (SSSR count). The predicted octanol–water partition coefficient (Wildman–Crippen LogP) is 3.16. The van der Waals surface area contributed by atoms with E-state index in [0.717, 1.165) is 17.5 Å². The van der Waals surface area contributed by atoms with Crippen LogP contribution in [0.2, 0.25) is 0 Å². The lowest BCUT2D eigenvalue weighted by atomic mass is 10.1. The lowest BCUT2D eigenvalue weighted by Crippen LogP contribution is -2.24. The maximum absolute atomic E-state index is 12.2. The normalized spacial score (nSPS) is 11.2. The third-order valence-corrected chi connectivity index (χ3v) is 5.89. The van der Waals surface area contributed by atoms with Crippen molar-refractivity contribution >= 4 is 38.1 Å². The van der Waals surface area contributed by atoms with E-state index in [1.165, 1.54) is 28.9 Å². The molecule has 27 heavy (non-hydrogen) atoms. The number of pyridine rings is 1. The van der Waals surface area contributed by atoms with E-state index in [1.807, 2.05) is 12.3 Å². The van der Waals surface area contributed by atoms with E-state index >= 15 is 0 Å². The minimum Gasteiger partial charge on any atom is -0.298 e. The van der Waals surface area contributed by atoms with Crippen LogP contribution in [-0.2, 0) is 10.0 Å². The molecule has 0 aliphatic carbocycles. The van der Waals surface area contributed by atoms with Gasteiger partial charge >= 0.3 is 0 Å². The van der Waals surface area contributed by atoms with Gasteiger partial charge in [-0.1, -0.05) is 12.1 Å². The zero-order chi connectivity index (χ0) is 19.6. The highest BCUT2D eigenvalue weighted by atomic mass is 32.2. The molecule has 140 valence electrons. The first-order valence-corrected chi connectivity index (χ1v) is 10.7. The Morgan fingerprint density at radius 3 is 2.44 bits per heavy atom. The quantitative estimate of drug-likeness (QED) is 0.708. The number of thiazole rings is 1. The largest absolute Gasteiger partial charge is 0.298 e. The van der Waals surface area contributed by atoms with Gasteiger partial charge in [0.05, 0.1) is 23.2 Å². The molecule has 0 aliphatic heterocycles. The summed E-state index contributed by atoms with van der Waals surface area (Å²) in [5.74, 6) is -0.270. The standard InChI is InChI=1S/C18H18N4O3S2/c1-12-4-5-14(10-19-12)17(23)21-18-20-16(11-26-18)13-6-8-15(9-7-13)22(2)27(3,24)25/h4-11H,1-3H3,(H,20,21,23). The molecular formula is C18H18N4O3S2. The minimum absolute atomic E-state index is 0.270. The SMILES string of the molecule is Cc1ccc(C(=O)Nc2nc(-c3ccc(N(C)S(C)(=O)=O)cc3)cs2)cn1. The van der Waals surface area contributed by atoms with E-state index in [0.29, 0.717) is 22.1 Å². The van der Waals surface area contributed by atoms with Gasteiger partial charge in [0.2, 0.25) is 10.0 Å². The Kier molecular flexibility index (Phi) is 5.24. The van der Waals surface area contributed by atoms with E-state index in [1.54, 1.807) is 36.4 Å². The number of carbonyl (C=O) groups is 1. The van der Waals surface area contributed by atoms with Crippen molar-refractivity contribution in [3.63, 3.8) is 0 Å². The van der Waals surface area contributed by atoms with Crippen LogP contribution in [0.15, 0.2) is 48.0 Å². The summed E-state index contributed by atoms with van der Waals surface area (Å²) in [7, 11) is -1.80. The van der Waals surface area contributed by atoms with Crippen LogP contribution < -0.4 is 9.62 Å². The molecule has 0 atom stereocenters. The molecule has 9 heteroatoms. The number of benzene rings is 1. The molecular weight excluding hydrogens is 384 g/mol. The molecule has 3 aromatic rings. The lowest BCUT2D eigenvalue weighted by molar-refractivity contribution is 0.102. The van der Waals surface area contributed by atoms with Crippen LogP contribution in [0.3, 0.4) is 0 Å². The molecule has 0 saturated carbocycles. The number of amides is 1. The molecule has 0 fully saturated rings. The average molecular weight is 403 g/mol. The fourth-order valence-corrected chi connectivity index (χ4v) is 3.49. The number of carbonyl (C=O) groups excluding carboxylic acids is 1. The maximum Gasteiger partial charge on any atom is 0.259 e. The second-order valence-electron chi connectivity index (χ2n) is 5.96. The molecule has 2 aromatic heterocycles. The van der Waals surface area contributed by atoms with Gasteiger partial charge in [-0.25, -0.2) is 13.4 Å². The molecule has 0 bridgehead atoms. The van der Waals surface area contributed by atoms with E-state index in [2.05, 4.69) is 15.3 Å². The Labute approximate surface area is 161 Å². The Balaban J connectivity index is 1.74. The Hall–Kier alpha value is -2.78. The summed E-state index contributed by atoms with van der Waals surface area (Å²) < 4.78 is 24.4. The Bertz CT molecular complexity index is 1060. The highest BCUT2D eigenvalue weighted by Gasteiger charge is 2.13. The minimum atomic E-state index is -3.30. The summed E-state index contributed by atoms with van der Waals surface area (Å²) in [4.78, 5) is 20.8. The molecule has 1 N–H and O–H groups in total. The average Bonchev–Trinajstić information content (AvgIpc) is 3.09. The number of nitrogens with one attached hydrogen (secondary N) is 1. The fourth-order valence-electron chi connectivity index (χ4n) is 2.27. The van der Waals surface area contributed by atoms with Gasteiger partial charge in [-0.05, 0) is 31.2 Å². The van der Waals surface area contributed by atoms with Crippen LogP contribution in [0.1, 0.15) is 16.1 Å². The second-order valence-corrected chi connectivity index (χ2v) is 8.83. The molecule has 1 amide bonds. The van der Waals surface area contributed by atoms with Gasteiger partial charge in [0, 0.05) is 29.9 Å². The van der Waals surface area contributed by atoms with Crippen molar-refractivity contribution in [3.8, 4) is 11.3 Å². The summed E-state index contributed by atoms with van der Waals surface area (Å²) in [5.41, 5.74) is 3.40. The van der Waals surface area contributed by atoms with Crippen LogP contribution >= 0.6 is 11.3 Å². The van der Waals surface area contributed by atoms with Crippen LogP contribution in [0.5, 0.6) is 0 Å². The Morgan fingerprint density at radius 1 is 1.15 bits per heavy atom. The van der Waals surface area contributed by atoms with Crippen molar-refractivity contribution in [2.24, 2.45) is 0 Å². The smallest absolute Gasteiger partial charge is 0.259 e. The van der Waals surface area contributed by atoms with Crippen molar-refractivity contribution in [3.05, 3.63) is 59.2 Å². The second kappa shape index (κ2) is 7.45. The van der Waals surface area contributed by atoms with E-state index < -0.39 is 10.0 Å². The highest BCUT2D eigenvalue weighted by Crippen LogP contribution is 2.27. The van der Waals surface area contributed by atoms with Crippen molar-refractivity contribution in [2.45, 2.75) is 6.92 Å². The van der Waals surface area contributed by atoms with Gasteiger partial charge in [0.25, 0.3) is 5.91 Å². The van der Waals surface area contributed by atoms with Gasteiger partial charge in [-0.15, -0.1) is 11.3 Å². The maximum atomic E-state index is 12.2. The van der Waals surface area contributed by atoms with Crippen LogP contribution in [-0.4, -0.2) is 37.6 Å². The highest BCUT2D eigenvalue weighted by molar-refractivity contribution is 7.92. The molecule has 0 unspecified atom stereocenters. The number of anilines is 2. The topological polar surface area (TPSA) is 92.3 Å². The first-order chi connectivity index (χ1) is 12.7. The summed E-state index contributed by atoms with van der Waals surface area (Å²) in [5, 5.41) is 5.07. The van der Waals surface area contributed by atoms with Crippen molar-refractivity contribution in [1.82, 2.24) is 9.97 Å². The number of sulfonamides is 1. The molecule has 0 saturated heterocycles. The van der Waals surface area contributed by atoms with Crippen LogP contribution in [0.4, 0.5) is 10.8 Å². The van der Waals surface area contributed by atoms with E-state index in [4.69, 9.17) is 0 Å². The lowest BCUT2D eigenvalue weighted by Gasteiger charge is -2.16.